The molecule has 2 rings (SSSR count). The molecule has 1 fully saturated rings. The van der Waals surface area contributed by atoms with Crippen LogP contribution in [0.5, 0.6) is 0 Å². The highest BCUT2D eigenvalue weighted by Crippen LogP contribution is 2.23. The van der Waals surface area contributed by atoms with Crippen molar-refractivity contribution in [3.8, 4) is 0 Å². The minimum Gasteiger partial charge on any atom is -0.388 e. The van der Waals surface area contributed by atoms with E-state index in [-0.39, 0.29) is 12.6 Å². The van der Waals surface area contributed by atoms with Crippen LogP contribution in [0, 0.1) is 4.77 Å². The predicted octanol–water partition coefficient (Wildman–Crippen LogP) is 0.517. The zero-order chi connectivity index (χ0) is 10.8. The van der Waals surface area contributed by atoms with Crippen LogP contribution in [-0.4, -0.2) is 35.6 Å². The van der Waals surface area contributed by atoms with Crippen LogP contribution in [0.15, 0.2) is 0 Å². The number of nitrogens with zero attached hydrogens (tertiary/aromatic N) is 2. The van der Waals surface area contributed by atoms with Gasteiger partial charge in [-0.3, -0.25) is 13.9 Å². The number of hydrogen-bond acceptors (Lipinski definition) is 4. The van der Waals surface area contributed by atoms with E-state index in [2.05, 4.69) is 10.2 Å². The monoisotopic (exact) mass is 247 g/mol. The molecule has 0 saturated carbocycles. The summed E-state index contributed by atoms with van der Waals surface area (Å²) in [6.07, 6.45) is 1.68. The lowest BCUT2D eigenvalue weighted by Crippen LogP contribution is -2.23. The molecule has 0 atom stereocenters. The van der Waals surface area contributed by atoms with E-state index >= 15 is 0 Å². The Bertz CT molecular complexity index is 416. The van der Waals surface area contributed by atoms with Gasteiger partial charge in [-0.2, -0.15) is 5.10 Å². The highest BCUT2D eigenvalue weighted by atomic mass is 32.2. The topological polar surface area (TPSA) is 70.9 Å². The van der Waals surface area contributed by atoms with Crippen LogP contribution in [-0.2, 0) is 17.4 Å². The molecule has 5 nitrogen and oxygen atoms in total. The Kier molecular flexibility index (Phi) is 3.32. The Morgan fingerprint density at radius 3 is 2.87 bits per heavy atom. The average molecular weight is 247 g/mol. The molecule has 1 aromatic heterocycles. The first kappa shape index (κ1) is 11.0. The van der Waals surface area contributed by atoms with E-state index in [1.165, 1.54) is 0 Å². The molecular weight excluding hydrogens is 234 g/mol. The lowest BCUT2D eigenvalue weighted by atomic mass is 10.1. The molecule has 0 aliphatic carbocycles. The standard InChI is InChI=1S/C8H13N3O2S2/c12-5-7-9-10-8(14)11(7)6-1-3-15(13)4-2-6/h6,12H,1-5H2,(H,10,14). The molecule has 2 N–H and O–H groups in total. The fraction of sp³-hybridized carbons (Fsp3) is 0.750. The number of nitrogens with one attached hydrogen (secondary N) is 1. The first-order valence-corrected chi connectivity index (χ1v) is 6.73. The van der Waals surface area contributed by atoms with Crippen molar-refractivity contribution in [2.75, 3.05) is 11.5 Å². The van der Waals surface area contributed by atoms with E-state index in [0.29, 0.717) is 22.1 Å². The number of rotatable bonds is 2. The Balaban J connectivity index is 2.25. The summed E-state index contributed by atoms with van der Waals surface area (Å²) >= 11 is 5.11. The molecule has 0 radical (unpaired) electrons. The molecule has 0 spiro atoms. The zero-order valence-electron chi connectivity index (χ0n) is 8.18. The number of aliphatic hydroxyl groups is 1. The summed E-state index contributed by atoms with van der Waals surface area (Å²) in [6.45, 7) is -0.118. The van der Waals surface area contributed by atoms with Crippen LogP contribution in [0.4, 0.5) is 0 Å². The molecule has 1 aliphatic heterocycles. The third-order valence-corrected chi connectivity index (χ3v) is 4.31. The number of H-pyrrole nitrogens is 1. The second kappa shape index (κ2) is 4.54. The minimum atomic E-state index is -0.678. The van der Waals surface area contributed by atoms with Crippen LogP contribution in [0.1, 0.15) is 24.7 Å². The minimum absolute atomic E-state index is 0.118. The van der Waals surface area contributed by atoms with E-state index in [1.54, 1.807) is 0 Å². The second-order valence-corrected chi connectivity index (χ2v) is 5.64. The highest BCUT2D eigenvalue weighted by molar-refractivity contribution is 7.85. The van der Waals surface area contributed by atoms with Crippen molar-refractivity contribution in [2.45, 2.75) is 25.5 Å². The Morgan fingerprint density at radius 2 is 2.27 bits per heavy atom. The molecule has 7 heteroatoms. The summed E-state index contributed by atoms with van der Waals surface area (Å²) in [6, 6.07) is 0.232. The molecule has 15 heavy (non-hydrogen) atoms. The highest BCUT2D eigenvalue weighted by Gasteiger charge is 2.22. The molecular formula is C8H13N3O2S2. The molecule has 0 aromatic carbocycles. The van der Waals surface area contributed by atoms with E-state index in [1.807, 2.05) is 4.57 Å². The predicted molar refractivity (Wildman–Crippen MR) is 59.5 cm³/mol. The first-order valence-electron chi connectivity index (χ1n) is 4.84. The van der Waals surface area contributed by atoms with E-state index < -0.39 is 10.8 Å². The van der Waals surface area contributed by atoms with E-state index in [0.717, 1.165) is 12.8 Å². The number of aromatic nitrogens is 3. The maximum Gasteiger partial charge on any atom is 0.195 e. The van der Waals surface area contributed by atoms with Crippen LogP contribution in [0.25, 0.3) is 0 Å². The summed E-state index contributed by atoms with van der Waals surface area (Å²) in [4.78, 5) is 0. The lowest BCUT2D eigenvalue weighted by Gasteiger charge is -2.23. The van der Waals surface area contributed by atoms with Gasteiger partial charge in [0.05, 0.1) is 0 Å². The Morgan fingerprint density at radius 1 is 1.60 bits per heavy atom. The van der Waals surface area contributed by atoms with Gasteiger partial charge in [-0.25, -0.2) is 0 Å². The second-order valence-electron chi connectivity index (χ2n) is 3.55. The quantitative estimate of drug-likeness (QED) is 0.747. The van der Waals surface area contributed by atoms with Gasteiger partial charge in [0.1, 0.15) is 6.61 Å². The summed E-state index contributed by atoms with van der Waals surface area (Å²) in [7, 11) is -0.678. The van der Waals surface area contributed by atoms with Crippen LogP contribution < -0.4 is 0 Å². The molecule has 1 aromatic rings. The van der Waals surface area contributed by atoms with Crippen molar-refractivity contribution in [3.05, 3.63) is 10.6 Å². The van der Waals surface area contributed by atoms with Gasteiger partial charge in [-0.1, -0.05) is 0 Å². The molecule has 0 unspecified atom stereocenters. The van der Waals surface area contributed by atoms with Crippen LogP contribution in [0.2, 0.25) is 0 Å². The van der Waals surface area contributed by atoms with Crippen molar-refractivity contribution < 1.29 is 9.32 Å². The summed E-state index contributed by atoms with van der Waals surface area (Å²) in [5.41, 5.74) is 0. The fourth-order valence-corrected chi connectivity index (χ4v) is 3.44. The van der Waals surface area contributed by atoms with Crippen LogP contribution in [0.3, 0.4) is 0 Å². The smallest absolute Gasteiger partial charge is 0.195 e. The first-order chi connectivity index (χ1) is 7.22. The van der Waals surface area contributed by atoms with E-state index in [9.17, 15) is 4.21 Å². The van der Waals surface area contributed by atoms with E-state index in [4.69, 9.17) is 17.3 Å². The third kappa shape index (κ3) is 2.19. The van der Waals surface area contributed by atoms with Crippen molar-refractivity contribution in [3.63, 3.8) is 0 Å². The molecule has 0 bridgehead atoms. The Hall–Kier alpha value is -0.530. The number of aliphatic hydroxyl groups excluding tert-OH is 1. The zero-order valence-corrected chi connectivity index (χ0v) is 9.81. The largest absolute Gasteiger partial charge is 0.388 e. The van der Waals surface area contributed by atoms with Gasteiger partial charge in [-0.05, 0) is 25.1 Å². The van der Waals surface area contributed by atoms with Gasteiger partial charge in [0.25, 0.3) is 0 Å². The Labute approximate surface area is 95.0 Å². The van der Waals surface area contributed by atoms with Gasteiger partial charge in [0.2, 0.25) is 0 Å². The molecule has 0 amide bonds. The maximum absolute atomic E-state index is 11.2. The van der Waals surface area contributed by atoms with Gasteiger partial charge in [0.15, 0.2) is 10.6 Å². The molecule has 1 saturated heterocycles. The van der Waals surface area contributed by atoms with Crippen molar-refractivity contribution >= 4 is 23.0 Å². The molecule has 1 aliphatic rings. The summed E-state index contributed by atoms with van der Waals surface area (Å²) in [5.74, 6) is 1.99. The average Bonchev–Trinajstić information content (AvgIpc) is 2.61. The number of aromatic amines is 1. The van der Waals surface area contributed by atoms with Crippen LogP contribution >= 0.6 is 12.2 Å². The van der Waals surface area contributed by atoms with Gasteiger partial charge in [0, 0.05) is 28.3 Å². The SMILES string of the molecule is O=S1CCC(n2c(CO)n[nH]c2=S)CC1. The summed E-state index contributed by atoms with van der Waals surface area (Å²) < 4.78 is 13.6. The van der Waals surface area contributed by atoms with Gasteiger partial charge >= 0.3 is 0 Å². The van der Waals surface area contributed by atoms with Gasteiger partial charge in [-0.15, -0.1) is 0 Å². The van der Waals surface area contributed by atoms with Gasteiger partial charge < -0.3 is 5.11 Å². The maximum atomic E-state index is 11.2. The summed E-state index contributed by atoms with van der Waals surface area (Å²) in [5, 5.41) is 15.7. The molecule has 2 heterocycles. The van der Waals surface area contributed by atoms with Crippen molar-refractivity contribution in [2.24, 2.45) is 0 Å². The van der Waals surface area contributed by atoms with Crippen molar-refractivity contribution in [1.82, 2.24) is 14.8 Å². The lowest BCUT2D eigenvalue weighted by molar-refractivity contribution is 0.257. The van der Waals surface area contributed by atoms with Crippen molar-refractivity contribution in [1.29, 1.82) is 0 Å². The fourth-order valence-electron chi connectivity index (χ4n) is 1.86. The normalized spacial score (nSPS) is 26.7. The number of hydrogen-bond donors (Lipinski definition) is 2. The molecule has 84 valence electrons. The third-order valence-electron chi connectivity index (χ3n) is 2.64.